The zero-order chi connectivity index (χ0) is 17.1. The predicted octanol–water partition coefficient (Wildman–Crippen LogP) is 4.12. The van der Waals surface area contributed by atoms with Gasteiger partial charge in [0.15, 0.2) is 18.1 Å². The van der Waals surface area contributed by atoms with Crippen molar-refractivity contribution in [1.82, 2.24) is 10.1 Å². The van der Waals surface area contributed by atoms with Gasteiger partial charge in [0.25, 0.3) is 0 Å². The maximum absolute atomic E-state index is 12.3. The Kier molecular flexibility index (Phi) is 4.46. The number of carbonyl (C=O) groups is 1. The van der Waals surface area contributed by atoms with Crippen LogP contribution in [0.2, 0.25) is 0 Å². The Morgan fingerprint density at radius 2 is 2.00 bits per heavy atom. The number of aromatic nitrogens is 2. The van der Waals surface area contributed by atoms with Crippen LogP contribution in [0.3, 0.4) is 0 Å². The number of oxazole rings is 1. The molecule has 0 radical (unpaired) electrons. The lowest BCUT2D eigenvalue weighted by Gasteiger charge is -2.05. The van der Waals surface area contributed by atoms with Gasteiger partial charge in [0.2, 0.25) is 5.89 Å². The van der Waals surface area contributed by atoms with E-state index in [1.165, 1.54) is 0 Å². The minimum Gasteiger partial charge on any atom is -0.452 e. The third kappa shape index (κ3) is 3.22. The van der Waals surface area contributed by atoms with E-state index in [0.717, 1.165) is 5.56 Å². The first-order valence-electron chi connectivity index (χ1n) is 7.69. The zero-order valence-electron chi connectivity index (χ0n) is 13.8. The van der Waals surface area contributed by atoms with E-state index in [4.69, 9.17) is 13.7 Å². The van der Waals surface area contributed by atoms with E-state index in [1.54, 1.807) is 13.1 Å². The molecule has 0 saturated carbocycles. The highest BCUT2D eigenvalue weighted by molar-refractivity contribution is 5.91. The third-order valence-corrected chi connectivity index (χ3v) is 3.56. The lowest BCUT2D eigenvalue weighted by atomic mass is 10.1. The van der Waals surface area contributed by atoms with Crippen molar-refractivity contribution in [2.24, 2.45) is 0 Å². The number of esters is 1. The first-order chi connectivity index (χ1) is 11.6. The molecule has 0 atom stereocenters. The lowest BCUT2D eigenvalue weighted by Crippen LogP contribution is -2.09. The molecule has 0 aliphatic heterocycles. The van der Waals surface area contributed by atoms with Gasteiger partial charge in [0, 0.05) is 11.5 Å². The van der Waals surface area contributed by atoms with E-state index in [-0.39, 0.29) is 12.5 Å². The molecule has 0 aliphatic rings. The summed E-state index contributed by atoms with van der Waals surface area (Å²) in [6.45, 7) is 5.52. The number of rotatable bonds is 5. The van der Waals surface area contributed by atoms with Gasteiger partial charge in [-0.25, -0.2) is 9.78 Å². The van der Waals surface area contributed by atoms with Crippen LogP contribution in [0, 0.1) is 6.92 Å². The normalized spacial score (nSPS) is 11.0. The van der Waals surface area contributed by atoms with Crippen molar-refractivity contribution < 1.29 is 18.5 Å². The van der Waals surface area contributed by atoms with Gasteiger partial charge in [-0.1, -0.05) is 49.3 Å². The number of carbonyl (C=O) groups excluding carboxylic acids is 1. The van der Waals surface area contributed by atoms with Crippen molar-refractivity contribution >= 4 is 5.97 Å². The van der Waals surface area contributed by atoms with E-state index in [1.807, 2.05) is 44.2 Å². The molecule has 24 heavy (non-hydrogen) atoms. The first-order valence-corrected chi connectivity index (χ1v) is 7.69. The minimum atomic E-state index is -0.489. The number of nitrogens with zero attached hydrogens (tertiary/aromatic N) is 2. The van der Waals surface area contributed by atoms with Crippen molar-refractivity contribution in [1.29, 1.82) is 0 Å². The summed E-state index contributed by atoms with van der Waals surface area (Å²) < 4.78 is 16.1. The lowest BCUT2D eigenvalue weighted by molar-refractivity contribution is 0.0435. The first kappa shape index (κ1) is 16.0. The van der Waals surface area contributed by atoms with Crippen LogP contribution < -0.4 is 0 Å². The van der Waals surface area contributed by atoms with Crippen LogP contribution in [0.5, 0.6) is 0 Å². The molecule has 0 aliphatic carbocycles. The van der Waals surface area contributed by atoms with Crippen LogP contribution in [0.1, 0.15) is 47.5 Å². The van der Waals surface area contributed by atoms with Crippen LogP contribution in [0.25, 0.3) is 11.3 Å². The number of aryl methyl sites for hydroxylation is 1. The van der Waals surface area contributed by atoms with Gasteiger partial charge < -0.3 is 13.7 Å². The Labute approximate surface area is 139 Å². The highest BCUT2D eigenvalue weighted by Gasteiger charge is 2.24. The Morgan fingerprint density at radius 3 is 2.71 bits per heavy atom. The van der Waals surface area contributed by atoms with Crippen molar-refractivity contribution in [3.63, 3.8) is 0 Å². The standard InChI is InChI=1S/C18H18N2O4/c1-11(2)17-16(12(3)20-24-17)18(21)22-10-15-19-9-14(23-15)13-7-5-4-6-8-13/h4-9,11H,10H2,1-3H3. The number of hydrogen-bond donors (Lipinski definition) is 0. The van der Waals surface area contributed by atoms with E-state index >= 15 is 0 Å². The predicted molar refractivity (Wildman–Crippen MR) is 86.4 cm³/mol. The molecule has 0 N–H and O–H groups in total. The molecule has 0 unspecified atom stereocenters. The summed E-state index contributed by atoms with van der Waals surface area (Å²) in [6.07, 6.45) is 1.61. The summed E-state index contributed by atoms with van der Waals surface area (Å²) in [5.41, 5.74) is 1.81. The Bertz CT molecular complexity index is 834. The molecule has 1 aromatic carbocycles. The number of benzene rings is 1. The van der Waals surface area contributed by atoms with Gasteiger partial charge in [-0.15, -0.1) is 0 Å². The molecule has 0 spiro atoms. The summed E-state index contributed by atoms with van der Waals surface area (Å²) in [5, 5.41) is 3.84. The minimum absolute atomic E-state index is 0.0418. The van der Waals surface area contributed by atoms with Gasteiger partial charge in [-0.2, -0.15) is 0 Å². The van der Waals surface area contributed by atoms with Gasteiger partial charge in [0.1, 0.15) is 5.56 Å². The molecule has 2 heterocycles. The highest BCUT2D eigenvalue weighted by atomic mass is 16.5. The topological polar surface area (TPSA) is 78.4 Å². The molecule has 124 valence electrons. The quantitative estimate of drug-likeness (QED) is 0.656. The fourth-order valence-electron chi connectivity index (χ4n) is 2.34. The second-order valence-corrected chi connectivity index (χ2v) is 5.72. The van der Waals surface area contributed by atoms with E-state index < -0.39 is 5.97 Å². The van der Waals surface area contributed by atoms with Crippen LogP contribution in [0.15, 0.2) is 45.5 Å². The SMILES string of the molecule is Cc1noc(C(C)C)c1C(=O)OCc1ncc(-c2ccccc2)o1. The average Bonchev–Trinajstić information content (AvgIpc) is 3.20. The highest BCUT2D eigenvalue weighted by Crippen LogP contribution is 2.24. The summed E-state index contributed by atoms with van der Waals surface area (Å²) >= 11 is 0. The Morgan fingerprint density at radius 1 is 1.25 bits per heavy atom. The van der Waals surface area contributed by atoms with Gasteiger partial charge >= 0.3 is 5.97 Å². The zero-order valence-corrected chi connectivity index (χ0v) is 13.8. The Hall–Kier alpha value is -2.89. The van der Waals surface area contributed by atoms with E-state index in [9.17, 15) is 4.79 Å². The summed E-state index contributed by atoms with van der Waals surface area (Å²) in [4.78, 5) is 16.5. The van der Waals surface area contributed by atoms with Crippen molar-refractivity contribution in [3.8, 4) is 11.3 Å². The van der Waals surface area contributed by atoms with Crippen molar-refractivity contribution in [2.75, 3.05) is 0 Å². The van der Waals surface area contributed by atoms with Gasteiger partial charge in [-0.3, -0.25) is 0 Å². The van der Waals surface area contributed by atoms with Crippen LogP contribution in [0.4, 0.5) is 0 Å². The van der Waals surface area contributed by atoms with Gasteiger partial charge in [0.05, 0.1) is 11.9 Å². The van der Waals surface area contributed by atoms with Crippen LogP contribution in [-0.2, 0) is 11.3 Å². The molecule has 0 saturated heterocycles. The maximum Gasteiger partial charge on any atom is 0.344 e. The second kappa shape index (κ2) is 6.70. The van der Waals surface area contributed by atoms with Gasteiger partial charge in [-0.05, 0) is 6.92 Å². The molecule has 6 heteroatoms. The maximum atomic E-state index is 12.3. The van der Waals surface area contributed by atoms with E-state index in [0.29, 0.717) is 28.7 Å². The Balaban J connectivity index is 1.70. The van der Waals surface area contributed by atoms with Crippen molar-refractivity contribution in [2.45, 2.75) is 33.3 Å². The van der Waals surface area contributed by atoms with E-state index in [2.05, 4.69) is 10.1 Å². The molecule has 2 aromatic heterocycles. The van der Waals surface area contributed by atoms with Crippen molar-refractivity contribution in [3.05, 3.63) is 59.4 Å². The fourth-order valence-corrected chi connectivity index (χ4v) is 2.34. The second-order valence-electron chi connectivity index (χ2n) is 5.72. The fraction of sp³-hybridized carbons (Fsp3) is 0.278. The summed E-state index contributed by atoms with van der Waals surface area (Å²) in [7, 11) is 0. The molecular formula is C18H18N2O4. The summed E-state index contributed by atoms with van der Waals surface area (Å²) in [6, 6.07) is 9.60. The van der Waals surface area contributed by atoms with Crippen LogP contribution in [-0.4, -0.2) is 16.1 Å². The number of hydrogen-bond acceptors (Lipinski definition) is 6. The third-order valence-electron chi connectivity index (χ3n) is 3.56. The molecular weight excluding hydrogens is 308 g/mol. The monoisotopic (exact) mass is 326 g/mol. The smallest absolute Gasteiger partial charge is 0.344 e. The number of ether oxygens (including phenoxy) is 1. The molecule has 3 aromatic rings. The summed E-state index contributed by atoms with van der Waals surface area (Å²) in [5.74, 6) is 1.04. The molecule has 3 rings (SSSR count). The molecule has 6 nitrogen and oxygen atoms in total. The molecule has 0 fully saturated rings. The van der Waals surface area contributed by atoms with Crippen LogP contribution >= 0.6 is 0 Å². The largest absolute Gasteiger partial charge is 0.452 e. The molecule has 0 bridgehead atoms. The average molecular weight is 326 g/mol. The molecule has 0 amide bonds.